The fourth-order valence-electron chi connectivity index (χ4n) is 2.22. The second kappa shape index (κ2) is 5.67. The van der Waals surface area contributed by atoms with Crippen molar-refractivity contribution in [3.05, 3.63) is 57.6 Å². The van der Waals surface area contributed by atoms with Crippen molar-refractivity contribution in [3.63, 3.8) is 0 Å². The second-order valence-corrected chi connectivity index (χ2v) is 7.92. The highest BCUT2D eigenvalue weighted by molar-refractivity contribution is 9.10. The first-order chi connectivity index (χ1) is 10.4. The van der Waals surface area contributed by atoms with Gasteiger partial charge in [0, 0.05) is 15.5 Å². The van der Waals surface area contributed by atoms with E-state index >= 15 is 0 Å². The molecular formula is C18H16BrFOS. The van der Waals surface area contributed by atoms with Crippen LogP contribution in [0.3, 0.4) is 0 Å². The van der Waals surface area contributed by atoms with Crippen LogP contribution in [0.1, 0.15) is 26.3 Å². The van der Waals surface area contributed by atoms with E-state index in [9.17, 15) is 4.39 Å². The quantitative estimate of drug-likeness (QED) is 0.471. The molecule has 22 heavy (non-hydrogen) atoms. The van der Waals surface area contributed by atoms with Gasteiger partial charge in [-0.3, -0.25) is 0 Å². The van der Waals surface area contributed by atoms with Crippen molar-refractivity contribution in [1.82, 2.24) is 0 Å². The Labute approximate surface area is 141 Å². The molecule has 4 heteroatoms. The first kappa shape index (κ1) is 15.5. The van der Waals surface area contributed by atoms with Crippen molar-refractivity contribution in [1.29, 1.82) is 0 Å². The van der Waals surface area contributed by atoms with E-state index in [4.69, 9.17) is 4.74 Å². The first-order valence-electron chi connectivity index (χ1n) is 7.00. The summed E-state index contributed by atoms with van der Waals surface area (Å²) in [6.45, 7) is 6.17. The van der Waals surface area contributed by atoms with E-state index in [-0.39, 0.29) is 11.2 Å². The molecule has 0 fully saturated rings. The van der Waals surface area contributed by atoms with Crippen LogP contribution in [0.4, 0.5) is 4.39 Å². The summed E-state index contributed by atoms with van der Waals surface area (Å²) in [4.78, 5) is 0. The highest BCUT2D eigenvalue weighted by Crippen LogP contribution is 2.40. The minimum Gasteiger partial charge on any atom is -0.455 e. The number of benzene rings is 2. The van der Waals surface area contributed by atoms with E-state index in [0.29, 0.717) is 10.2 Å². The number of ether oxygens (including phenoxy) is 1. The molecule has 0 atom stereocenters. The Balaban J connectivity index is 2.07. The zero-order valence-electron chi connectivity index (χ0n) is 12.6. The Morgan fingerprint density at radius 1 is 1.09 bits per heavy atom. The summed E-state index contributed by atoms with van der Waals surface area (Å²) in [5.41, 5.74) is 0.763. The van der Waals surface area contributed by atoms with Gasteiger partial charge in [-0.1, -0.05) is 32.9 Å². The summed E-state index contributed by atoms with van der Waals surface area (Å²) in [5.74, 6) is 0.960. The van der Waals surface area contributed by atoms with E-state index in [1.54, 1.807) is 17.4 Å². The summed E-state index contributed by atoms with van der Waals surface area (Å²) in [6, 6.07) is 11.5. The summed E-state index contributed by atoms with van der Waals surface area (Å²) >= 11 is 4.91. The van der Waals surface area contributed by atoms with Gasteiger partial charge in [0.05, 0.1) is 4.47 Å². The van der Waals surface area contributed by atoms with Crippen LogP contribution >= 0.6 is 27.3 Å². The molecule has 0 saturated heterocycles. The molecule has 3 aromatic rings. The molecule has 0 unspecified atom stereocenters. The van der Waals surface area contributed by atoms with Gasteiger partial charge in [-0.25, -0.2) is 4.39 Å². The molecule has 1 heterocycles. The van der Waals surface area contributed by atoms with Gasteiger partial charge in [0.1, 0.15) is 17.3 Å². The molecule has 0 radical (unpaired) electrons. The normalized spacial score (nSPS) is 11.9. The lowest BCUT2D eigenvalue weighted by molar-refractivity contribution is 0.472. The zero-order valence-corrected chi connectivity index (χ0v) is 15.0. The van der Waals surface area contributed by atoms with Crippen LogP contribution < -0.4 is 4.74 Å². The van der Waals surface area contributed by atoms with Gasteiger partial charge in [-0.15, -0.1) is 11.3 Å². The van der Waals surface area contributed by atoms with E-state index in [2.05, 4.69) is 36.7 Å². The van der Waals surface area contributed by atoms with Gasteiger partial charge in [-0.05, 0) is 51.2 Å². The summed E-state index contributed by atoms with van der Waals surface area (Å²) in [6.07, 6.45) is 0. The molecule has 0 amide bonds. The summed E-state index contributed by atoms with van der Waals surface area (Å²) in [7, 11) is 0. The minimum absolute atomic E-state index is 0.142. The number of fused-ring (bicyclic) bond motifs is 1. The average Bonchev–Trinajstić information content (AvgIpc) is 2.86. The molecule has 0 aliphatic heterocycles. The third-order valence-corrected chi connectivity index (χ3v) is 5.24. The van der Waals surface area contributed by atoms with Crippen molar-refractivity contribution in [2.24, 2.45) is 0 Å². The molecule has 3 rings (SSSR count). The van der Waals surface area contributed by atoms with Crippen molar-refractivity contribution < 1.29 is 9.13 Å². The third kappa shape index (κ3) is 2.90. The van der Waals surface area contributed by atoms with E-state index in [0.717, 1.165) is 21.4 Å². The molecule has 0 aliphatic carbocycles. The molecular weight excluding hydrogens is 363 g/mol. The molecule has 2 aromatic carbocycles. The smallest absolute Gasteiger partial charge is 0.146 e. The lowest BCUT2D eigenvalue weighted by atomic mass is 9.87. The summed E-state index contributed by atoms with van der Waals surface area (Å²) < 4.78 is 21.7. The Bertz CT molecular complexity index is 833. The van der Waals surface area contributed by atoms with Gasteiger partial charge >= 0.3 is 0 Å². The highest BCUT2D eigenvalue weighted by atomic mass is 79.9. The average molecular weight is 379 g/mol. The van der Waals surface area contributed by atoms with Crippen LogP contribution in [0, 0.1) is 5.82 Å². The molecule has 1 nitrogen and oxygen atoms in total. The topological polar surface area (TPSA) is 9.23 Å². The second-order valence-electron chi connectivity index (χ2n) is 6.22. The van der Waals surface area contributed by atoms with Crippen LogP contribution in [-0.2, 0) is 5.41 Å². The van der Waals surface area contributed by atoms with E-state index in [1.807, 2.05) is 35.7 Å². The zero-order chi connectivity index (χ0) is 15.9. The lowest BCUT2D eigenvalue weighted by Crippen LogP contribution is -2.11. The first-order valence-corrected chi connectivity index (χ1v) is 8.67. The predicted molar refractivity (Wildman–Crippen MR) is 94.7 cm³/mol. The van der Waals surface area contributed by atoms with Gasteiger partial charge < -0.3 is 4.74 Å². The number of thiophene rings is 1. The van der Waals surface area contributed by atoms with Crippen molar-refractivity contribution in [3.8, 4) is 11.5 Å². The Hall–Kier alpha value is -1.39. The number of hydrogen-bond acceptors (Lipinski definition) is 2. The maximum absolute atomic E-state index is 14.2. The van der Waals surface area contributed by atoms with Crippen molar-refractivity contribution in [2.45, 2.75) is 26.2 Å². The van der Waals surface area contributed by atoms with Crippen LogP contribution in [0.15, 0.2) is 46.3 Å². The third-order valence-electron chi connectivity index (χ3n) is 3.53. The molecule has 0 aliphatic rings. The fourth-order valence-corrected chi connectivity index (χ4v) is 3.39. The molecule has 114 valence electrons. The van der Waals surface area contributed by atoms with Crippen LogP contribution in [-0.4, -0.2) is 0 Å². The Morgan fingerprint density at radius 2 is 1.82 bits per heavy atom. The van der Waals surface area contributed by atoms with Crippen LogP contribution in [0.5, 0.6) is 11.5 Å². The molecule has 0 bridgehead atoms. The Kier molecular flexibility index (Phi) is 4.00. The molecule has 0 spiro atoms. The number of halogens is 2. The van der Waals surface area contributed by atoms with E-state index < -0.39 is 0 Å². The van der Waals surface area contributed by atoms with Crippen LogP contribution in [0.2, 0.25) is 0 Å². The van der Waals surface area contributed by atoms with Crippen molar-refractivity contribution in [2.75, 3.05) is 0 Å². The monoisotopic (exact) mass is 378 g/mol. The molecule has 0 N–H and O–H groups in total. The highest BCUT2D eigenvalue weighted by Gasteiger charge is 2.20. The van der Waals surface area contributed by atoms with Gasteiger partial charge in [0.15, 0.2) is 0 Å². The lowest BCUT2D eigenvalue weighted by Gasteiger charge is -2.21. The number of hydrogen-bond donors (Lipinski definition) is 0. The van der Waals surface area contributed by atoms with Crippen molar-refractivity contribution >= 4 is 37.4 Å². The van der Waals surface area contributed by atoms with Gasteiger partial charge in [0.2, 0.25) is 0 Å². The Morgan fingerprint density at radius 3 is 2.55 bits per heavy atom. The summed E-state index contributed by atoms with van der Waals surface area (Å²) in [5, 5.41) is 3.00. The maximum Gasteiger partial charge on any atom is 0.146 e. The van der Waals surface area contributed by atoms with Gasteiger partial charge in [-0.2, -0.15) is 0 Å². The van der Waals surface area contributed by atoms with Gasteiger partial charge in [0.25, 0.3) is 0 Å². The standard InChI is InChI=1S/C18H16BrFOS/c1-18(2,3)11-8-13(20)17(19)14(9-11)21-15-10-22-16-7-5-4-6-12(15)16/h4-10H,1-3H3. The largest absolute Gasteiger partial charge is 0.455 e. The fraction of sp³-hybridized carbons (Fsp3) is 0.222. The molecule has 1 aromatic heterocycles. The maximum atomic E-state index is 14.2. The predicted octanol–water partition coefficient (Wildman–Crippen LogP) is 6.89. The van der Waals surface area contributed by atoms with Crippen LogP contribution in [0.25, 0.3) is 10.1 Å². The molecule has 0 saturated carbocycles. The minimum atomic E-state index is -0.304. The SMILES string of the molecule is CC(C)(C)c1cc(F)c(Br)c(Oc2csc3ccccc23)c1. The van der Waals surface area contributed by atoms with E-state index in [1.165, 1.54) is 0 Å². The number of rotatable bonds is 2.